The number of nitrogens with one attached hydrogen (secondary N) is 1. The highest BCUT2D eigenvalue weighted by atomic mass is 16.5. The third-order valence-corrected chi connectivity index (χ3v) is 5.88. The summed E-state index contributed by atoms with van der Waals surface area (Å²) in [6.45, 7) is 3.59. The molecule has 0 saturated heterocycles. The number of para-hydroxylation sites is 1. The summed E-state index contributed by atoms with van der Waals surface area (Å²) in [5, 5.41) is 2.78. The molecule has 2 aromatic carbocycles. The van der Waals surface area contributed by atoms with Gasteiger partial charge in [0.1, 0.15) is 28.9 Å². The molecule has 34 heavy (non-hydrogen) atoms. The molecule has 8 heteroatoms. The molecule has 0 aromatic heterocycles. The van der Waals surface area contributed by atoms with E-state index in [0.717, 1.165) is 12.0 Å². The van der Waals surface area contributed by atoms with Gasteiger partial charge in [0, 0.05) is 11.3 Å². The Kier molecular flexibility index (Phi) is 6.40. The Morgan fingerprint density at radius 2 is 1.68 bits per heavy atom. The van der Waals surface area contributed by atoms with Crippen LogP contribution in [0, 0.1) is 0 Å². The first-order valence-corrected chi connectivity index (χ1v) is 11.1. The molecule has 0 radical (unpaired) electrons. The Labute approximate surface area is 197 Å². The van der Waals surface area contributed by atoms with E-state index < -0.39 is 23.3 Å². The number of fused-ring (bicyclic) bond motifs is 2. The van der Waals surface area contributed by atoms with Crippen molar-refractivity contribution < 1.29 is 28.6 Å². The molecule has 2 aliphatic heterocycles. The normalized spacial score (nSPS) is 18.9. The average Bonchev–Trinajstić information content (AvgIpc) is 3.10. The van der Waals surface area contributed by atoms with Gasteiger partial charge in [0.15, 0.2) is 0 Å². The number of hydrogen-bond acceptors (Lipinski definition) is 7. The van der Waals surface area contributed by atoms with E-state index in [1.807, 2.05) is 37.3 Å². The largest absolute Gasteiger partial charge is 0.462 e. The van der Waals surface area contributed by atoms with E-state index in [-0.39, 0.29) is 36.0 Å². The molecular weight excluding hydrogens is 436 g/mol. The summed E-state index contributed by atoms with van der Waals surface area (Å²) in [7, 11) is 0. The van der Waals surface area contributed by atoms with Crippen LogP contribution >= 0.6 is 0 Å². The third kappa shape index (κ3) is 3.81. The van der Waals surface area contributed by atoms with Crippen molar-refractivity contribution in [2.45, 2.75) is 38.7 Å². The lowest BCUT2D eigenvalue weighted by atomic mass is 9.67. The number of anilines is 1. The molecule has 2 heterocycles. The van der Waals surface area contributed by atoms with Gasteiger partial charge in [-0.25, -0.2) is 9.59 Å². The Morgan fingerprint density at radius 1 is 1.00 bits per heavy atom. The number of allylic oxidation sites excluding steroid dienone is 1. The van der Waals surface area contributed by atoms with E-state index in [1.54, 1.807) is 24.3 Å². The van der Waals surface area contributed by atoms with Crippen molar-refractivity contribution in [1.82, 2.24) is 0 Å². The molecule has 0 saturated carbocycles. The minimum atomic E-state index is -1.86. The van der Waals surface area contributed by atoms with Crippen molar-refractivity contribution in [1.29, 1.82) is 0 Å². The van der Waals surface area contributed by atoms with Gasteiger partial charge in [-0.1, -0.05) is 61.9 Å². The van der Waals surface area contributed by atoms with Crippen LogP contribution < -0.4 is 11.1 Å². The number of carbonyl (C=O) groups is 3. The van der Waals surface area contributed by atoms with Gasteiger partial charge in [0.05, 0.1) is 6.61 Å². The molecule has 3 N–H and O–H groups in total. The van der Waals surface area contributed by atoms with Crippen LogP contribution in [0.25, 0.3) is 0 Å². The smallest absolute Gasteiger partial charge is 0.341 e. The van der Waals surface area contributed by atoms with E-state index in [1.165, 1.54) is 6.92 Å². The van der Waals surface area contributed by atoms with Gasteiger partial charge in [-0.05, 0) is 25.0 Å². The van der Waals surface area contributed by atoms with Crippen LogP contribution in [0.3, 0.4) is 0 Å². The molecule has 0 bridgehead atoms. The van der Waals surface area contributed by atoms with Gasteiger partial charge in [0.25, 0.3) is 0 Å². The van der Waals surface area contributed by atoms with Crippen LogP contribution in [0.5, 0.6) is 0 Å². The quantitative estimate of drug-likeness (QED) is 0.478. The van der Waals surface area contributed by atoms with Gasteiger partial charge in [-0.3, -0.25) is 4.79 Å². The van der Waals surface area contributed by atoms with E-state index in [9.17, 15) is 14.4 Å². The van der Waals surface area contributed by atoms with Crippen molar-refractivity contribution in [3.05, 3.63) is 88.5 Å². The molecule has 0 aliphatic carbocycles. The lowest BCUT2D eigenvalue weighted by Crippen LogP contribution is -2.48. The van der Waals surface area contributed by atoms with Crippen LogP contribution in [-0.2, 0) is 40.6 Å². The molecule has 1 spiro atoms. The van der Waals surface area contributed by atoms with Gasteiger partial charge in [0.2, 0.25) is 11.8 Å². The summed E-state index contributed by atoms with van der Waals surface area (Å²) in [5.74, 6) is -2.43. The molecule has 0 fully saturated rings. The summed E-state index contributed by atoms with van der Waals surface area (Å²) in [5.41, 5.74) is 5.60. The Hall–Kier alpha value is -4.07. The maximum absolute atomic E-state index is 13.6. The molecule has 0 unspecified atom stereocenters. The number of ether oxygens (including phenoxy) is 3. The standard InChI is InChI=1S/C26H26N2O6/c1-3-4-14-32-24(30)21-22(27)34-16(2)20(23(29)33-15-17-10-6-5-7-11-17)26(21)18-12-8-9-13-19(18)28-25(26)31/h5-13H,3-4,14-15,27H2,1-2H3,(H,28,31)/t26-/m0/s1. The number of hydrogen-bond donors (Lipinski definition) is 2. The van der Waals surface area contributed by atoms with Crippen molar-refractivity contribution in [3.8, 4) is 0 Å². The van der Waals surface area contributed by atoms with Crippen molar-refractivity contribution in [2.75, 3.05) is 11.9 Å². The minimum absolute atomic E-state index is 0.0225. The van der Waals surface area contributed by atoms with Gasteiger partial charge >= 0.3 is 11.9 Å². The second-order valence-electron chi connectivity index (χ2n) is 8.07. The summed E-state index contributed by atoms with van der Waals surface area (Å²) >= 11 is 0. The number of amides is 1. The molecule has 176 valence electrons. The van der Waals surface area contributed by atoms with Crippen LogP contribution in [0.15, 0.2) is 77.4 Å². The first kappa shape index (κ1) is 23.1. The zero-order chi connectivity index (χ0) is 24.3. The number of nitrogens with two attached hydrogens (primary N) is 1. The number of rotatable bonds is 7. The fourth-order valence-electron chi connectivity index (χ4n) is 4.32. The lowest BCUT2D eigenvalue weighted by molar-refractivity contribution is -0.144. The fourth-order valence-corrected chi connectivity index (χ4v) is 4.32. The minimum Gasteiger partial charge on any atom is -0.462 e. The highest BCUT2D eigenvalue weighted by Gasteiger charge is 2.61. The molecule has 1 amide bonds. The van der Waals surface area contributed by atoms with Crippen LogP contribution in [0.2, 0.25) is 0 Å². The Bertz CT molecular complexity index is 1200. The number of carbonyl (C=O) groups excluding carboxylic acids is 3. The topological polar surface area (TPSA) is 117 Å². The van der Waals surface area contributed by atoms with Gasteiger partial charge in [-0.15, -0.1) is 0 Å². The van der Waals surface area contributed by atoms with Crippen LogP contribution in [0.1, 0.15) is 37.8 Å². The van der Waals surface area contributed by atoms with E-state index in [2.05, 4.69) is 5.32 Å². The first-order chi connectivity index (χ1) is 16.4. The predicted octanol–water partition coefficient (Wildman–Crippen LogP) is 3.44. The zero-order valence-electron chi connectivity index (χ0n) is 19.1. The number of esters is 2. The van der Waals surface area contributed by atoms with Gasteiger partial charge in [-0.2, -0.15) is 0 Å². The fraction of sp³-hybridized carbons (Fsp3) is 0.269. The third-order valence-electron chi connectivity index (χ3n) is 5.88. The van der Waals surface area contributed by atoms with Crippen molar-refractivity contribution in [2.24, 2.45) is 5.73 Å². The highest BCUT2D eigenvalue weighted by molar-refractivity contribution is 6.21. The monoisotopic (exact) mass is 462 g/mol. The maximum Gasteiger partial charge on any atom is 0.341 e. The van der Waals surface area contributed by atoms with Crippen molar-refractivity contribution in [3.63, 3.8) is 0 Å². The van der Waals surface area contributed by atoms with Crippen LogP contribution in [-0.4, -0.2) is 24.5 Å². The maximum atomic E-state index is 13.6. The van der Waals surface area contributed by atoms with Gasteiger partial charge < -0.3 is 25.3 Å². The summed E-state index contributed by atoms with van der Waals surface area (Å²) < 4.78 is 16.6. The van der Waals surface area contributed by atoms with Crippen LogP contribution in [0.4, 0.5) is 5.69 Å². The second-order valence-corrected chi connectivity index (χ2v) is 8.07. The Balaban J connectivity index is 1.82. The van der Waals surface area contributed by atoms with Crippen molar-refractivity contribution >= 4 is 23.5 Å². The van der Waals surface area contributed by atoms with E-state index in [0.29, 0.717) is 17.7 Å². The SMILES string of the molecule is CCCCOC(=O)C1=C(N)OC(C)=C(C(=O)OCc2ccccc2)[C@]12C(=O)Nc1ccccc12. The predicted molar refractivity (Wildman–Crippen MR) is 124 cm³/mol. The summed E-state index contributed by atoms with van der Waals surface area (Å²) in [6, 6.07) is 16.0. The molecule has 2 aromatic rings. The zero-order valence-corrected chi connectivity index (χ0v) is 19.1. The molecular formula is C26H26N2O6. The first-order valence-electron chi connectivity index (χ1n) is 11.1. The lowest BCUT2D eigenvalue weighted by Gasteiger charge is -2.35. The molecule has 1 atom stereocenters. The van der Waals surface area contributed by atoms with E-state index in [4.69, 9.17) is 19.9 Å². The highest BCUT2D eigenvalue weighted by Crippen LogP contribution is 2.52. The summed E-state index contributed by atoms with van der Waals surface area (Å²) in [6.07, 6.45) is 1.44. The summed E-state index contributed by atoms with van der Waals surface area (Å²) in [4.78, 5) is 40.4. The van der Waals surface area contributed by atoms with E-state index >= 15 is 0 Å². The molecule has 2 aliphatic rings. The molecule has 4 rings (SSSR count). The Morgan fingerprint density at radius 3 is 2.41 bits per heavy atom. The average molecular weight is 463 g/mol. The molecule has 8 nitrogen and oxygen atoms in total. The second kappa shape index (κ2) is 9.43. The number of benzene rings is 2. The number of unbranched alkanes of at least 4 members (excludes halogenated alkanes) is 1.